The highest BCUT2D eigenvalue weighted by molar-refractivity contribution is 6.67. The third kappa shape index (κ3) is 11.9. The Balaban J connectivity index is 1.94. The fraction of sp³-hybridized carbons (Fsp3) is 0.655. The first-order valence-corrected chi connectivity index (χ1v) is 15.5. The SMILES string of the molecule is CO[C@H]1O[C@H](COC(=O)OCC(Cl)(Cl)Cl)[C@@H](O)[C@H](O[C@@H]2O[C@@H](C)[C@@H](OC(C)=O)[C@@H](OC(C)=O)[C@@H]2OCc2ccccc2)[C@H]1NC(C)=O. The average Bonchev–Trinajstić information content (AvgIpc) is 2.98. The van der Waals surface area contributed by atoms with E-state index in [9.17, 15) is 24.3 Å². The molecule has 1 amide bonds. The van der Waals surface area contributed by atoms with Crippen molar-refractivity contribution in [1.29, 1.82) is 0 Å². The van der Waals surface area contributed by atoms with Crippen molar-refractivity contribution in [3.8, 4) is 0 Å². The van der Waals surface area contributed by atoms with Gasteiger partial charge in [-0.25, -0.2) is 4.79 Å². The van der Waals surface area contributed by atoms with Crippen molar-refractivity contribution in [2.24, 2.45) is 0 Å². The highest BCUT2D eigenvalue weighted by Crippen LogP contribution is 2.34. The largest absolute Gasteiger partial charge is 0.508 e. The molecule has 2 aliphatic rings. The van der Waals surface area contributed by atoms with E-state index in [1.165, 1.54) is 27.9 Å². The van der Waals surface area contributed by atoms with Crippen LogP contribution in [0.15, 0.2) is 30.3 Å². The molecule has 2 aliphatic heterocycles. The Bertz CT molecular complexity index is 1200. The second kappa shape index (κ2) is 17.8. The zero-order valence-electron chi connectivity index (χ0n) is 26.2. The Labute approximate surface area is 286 Å². The molecule has 0 unspecified atom stereocenters. The first-order valence-electron chi connectivity index (χ1n) is 14.4. The van der Waals surface area contributed by atoms with Gasteiger partial charge in [-0.3, -0.25) is 14.4 Å². The minimum atomic E-state index is -1.89. The van der Waals surface area contributed by atoms with Crippen LogP contribution >= 0.6 is 34.8 Å². The van der Waals surface area contributed by atoms with Crippen molar-refractivity contribution in [2.45, 2.75) is 99.4 Å². The summed E-state index contributed by atoms with van der Waals surface area (Å²) in [5.41, 5.74) is 0.746. The molecule has 10 atom stereocenters. The summed E-state index contributed by atoms with van der Waals surface area (Å²) in [6.07, 6.45) is -12.6. The summed E-state index contributed by atoms with van der Waals surface area (Å²) in [5, 5.41) is 14.1. The third-order valence-electron chi connectivity index (χ3n) is 6.90. The van der Waals surface area contributed by atoms with E-state index in [0.717, 1.165) is 5.56 Å². The van der Waals surface area contributed by atoms with E-state index in [0.29, 0.717) is 0 Å². The molecule has 2 fully saturated rings. The van der Waals surface area contributed by atoms with Gasteiger partial charge < -0.3 is 53.1 Å². The number of hydrogen-bond donors (Lipinski definition) is 2. The number of alkyl halides is 3. The minimum Gasteiger partial charge on any atom is -0.456 e. The van der Waals surface area contributed by atoms with Crippen molar-refractivity contribution in [2.75, 3.05) is 20.3 Å². The predicted molar refractivity (Wildman–Crippen MR) is 162 cm³/mol. The lowest BCUT2D eigenvalue weighted by atomic mass is 9.95. The highest BCUT2D eigenvalue weighted by Gasteiger charge is 2.54. The van der Waals surface area contributed by atoms with E-state index in [1.807, 2.05) is 6.07 Å². The lowest BCUT2D eigenvalue weighted by Crippen LogP contribution is -2.68. The van der Waals surface area contributed by atoms with Crippen LogP contribution in [0.4, 0.5) is 4.79 Å². The van der Waals surface area contributed by atoms with Crippen molar-refractivity contribution in [3.63, 3.8) is 0 Å². The van der Waals surface area contributed by atoms with Crippen LogP contribution in [0.2, 0.25) is 0 Å². The lowest BCUT2D eigenvalue weighted by Gasteiger charge is -2.48. The summed E-state index contributed by atoms with van der Waals surface area (Å²) >= 11 is 16.8. The molecule has 264 valence electrons. The van der Waals surface area contributed by atoms with Crippen molar-refractivity contribution in [1.82, 2.24) is 5.32 Å². The summed E-state index contributed by atoms with van der Waals surface area (Å²) in [7, 11) is 1.28. The molecule has 2 heterocycles. The van der Waals surface area contributed by atoms with E-state index < -0.39 is 102 Å². The molecule has 1 aromatic rings. The molecule has 1 aromatic carbocycles. The van der Waals surface area contributed by atoms with Crippen LogP contribution in [0.25, 0.3) is 0 Å². The molecule has 0 radical (unpaired) electrons. The molecule has 0 aromatic heterocycles. The van der Waals surface area contributed by atoms with Gasteiger partial charge in [0.1, 0.15) is 43.7 Å². The number of esters is 2. The van der Waals surface area contributed by atoms with E-state index >= 15 is 0 Å². The molecule has 15 nitrogen and oxygen atoms in total. The molecule has 0 bridgehead atoms. The number of carbonyl (C=O) groups is 4. The van der Waals surface area contributed by atoms with Crippen LogP contribution in [-0.2, 0) is 63.6 Å². The third-order valence-corrected chi connectivity index (χ3v) is 7.23. The second-order valence-corrected chi connectivity index (χ2v) is 13.2. The number of hydrogen-bond acceptors (Lipinski definition) is 14. The number of rotatable bonds is 12. The number of benzene rings is 1. The van der Waals surface area contributed by atoms with E-state index in [4.69, 9.17) is 77.4 Å². The second-order valence-electron chi connectivity index (χ2n) is 10.7. The Kier molecular flexibility index (Phi) is 14.8. The zero-order valence-corrected chi connectivity index (χ0v) is 28.4. The quantitative estimate of drug-likeness (QED) is 0.182. The van der Waals surface area contributed by atoms with Crippen LogP contribution in [0.3, 0.4) is 0 Å². The maximum Gasteiger partial charge on any atom is 0.508 e. The summed E-state index contributed by atoms with van der Waals surface area (Å²) in [4.78, 5) is 48.6. The van der Waals surface area contributed by atoms with Gasteiger partial charge in [0, 0.05) is 27.9 Å². The summed E-state index contributed by atoms with van der Waals surface area (Å²) in [5.74, 6) is -1.88. The molecule has 0 spiro atoms. The van der Waals surface area contributed by atoms with Crippen LogP contribution in [0.5, 0.6) is 0 Å². The van der Waals surface area contributed by atoms with Gasteiger partial charge in [-0.15, -0.1) is 0 Å². The number of carbonyl (C=O) groups excluding carboxylic acids is 4. The zero-order chi connectivity index (χ0) is 34.9. The summed E-state index contributed by atoms with van der Waals surface area (Å²) < 4.78 is 48.9. The van der Waals surface area contributed by atoms with Crippen LogP contribution in [0.1, 0.15) is 33.3 Å². The maximum absolute atomic E-state index is 12.3. The molecule has 0 saturated carbocycles. The van der Waals surface area contributed by atoms with Gasteiger partial charge in [-0.2, -0.15) is 0 Å². The van der Waals surface area contributed by atoms with Crippen LogP contribution < -0.4 is 5.32 Å². The van der Waals surface area contributed by atoms with Crippen molar-refractivity contribution < 1.29 is 66.9 Å². The van der Waals surface area contributed by atoms with Gasteiger partial charge in [0.2, 0.25) is 9.70 Å². The molecule has 2 N–H and O–H groups in total. The molecular formula is C29H38Cl3NO14. The van der Waals surface area contributed by atoms with Crippen LogP contribution in [0, 0.1) is 0 Å². The number of ether oxygens (including phenoxy) is 9. The lowest BCUT2D eigenvalue weighted by molar-refractivity contribution is -0.346. The van der Waals surface area contributed by atoms with Crippen molar-refractivity contribution >= 4 is 58.8 Å². The van der Waals surface area contributed by atoms with E-state index in [2.05, 4.69) is 5.32 Å². The van der Waals surface area contributed by atoms with Gasteiger partial charge in [-0.1, -0.05) is 65.1 Å². The van der Waals surface area contributed by atoms with Crippen molar-refractivity contribution in [3.05, 3.63) is 35.9 Å². The topological polar surface area (TPSA) is 184 Å². The number of methoxy groups -OCH3 is 1. The van der Waals surface area contributed by atoms with E-state index in [1.54, 1.807) is 31.2 Å². The normalized spacial score (nSPS) is 30.9. The molecule has 47 heavy (non-hydrogen) atoms. The van der Waals surface area contributed by atoms with Gasteiger partial charge in [0.15, 0.2) is 24.8 Å². The molecule has 2 saturated heterocycles. The van der Waals surface area contributed by atoms with Crippen LogP contribution in [-0.4, -0.2) is 115 Å². The Morgan fingerprint density at radius 1 is 0.894 bits per heavy atom. The van der Waals surface area contributed by atoms with Gasteiger partial charge in [0.05, 0.1) is 12.7 Å². The Morgan fingerprint density at radius 2 is 1.53 bits per heavy atom. The number of aliphatic hydroxyl groups excluding tert-OH is 1. The molecule has 0 aliphatic carbocycles. The maximum atomic E-state index is 12.3. The molecule has 18 heteroatoms. The number of aliphatic hydroxyl groups is 1. The smallest absolute Gasteiger partial charge is 0.456 e. The van der Waals surface area contributed by atoms with Gasteiger partial charge in [0.25, 0.3) is 0 Å². The Morgan fingerprint density at radius 3 is 2.11 bits per heavy atom. The van der Waals surface area contributed by atoms with Gasteiger partial charge >= 0.3 is 18.1 Å². The number of amides is 1. The summed E-state index contributed by atoms with van der Waals surface area (Å²) in [6, 6.07) is 7.87. The predicted octanol–water partition coefficient (Wildman–Crippen LogP) is 2.33. The minimum absolute atomic E-state index is 0.00736. The first-order chi connectivity index (χ1) is 22.1. The number of nitrogens with one attached hydrogen (secondary N) is 1. The average molecular weight is 731 g/mol. The highest BCUT2D eigenvalue weighted by atomic mass is 35.6. The fourth-order valence-corrected chi connectivity index (χ4v) is 5.16. The van der Waals surface area contributed by atoms with Gasteiger partial charge in [-0.05, 0) is 12.5 Å². The monoisotopic (exact) mass is 729 g/mol. The summed E-state index contributed by atoms with van der Waals surface area (Å²) in [6.45, 7) is 3.97. The standard InChI is InChI=1S/C29H38Cl3NO14/c1-14-22(44-16(3)35)24(45-17(4)36)25(40-11-18-9-7-6-8-10-18)27(43-14)47-23-20(33-15(2)34)26(39-5)46-19(21(23)37)12-41-28(38)42-13-29(30,31)32/h6-10,14,19-27,37H,11-13H2,1-5H3,(H,33,34)/t14-,19+,20+,21+,22+,23+,24+,25-,26-,27-/m0/s1. The number of halogens is 3. The first kappa shape index (κ1) is 39.0. The fourth-order valence-electron chi connectivity index (χ4n) is 5.00. The Hall–Kier alpha value is -2.47. The van der Waals surface area contributed by atoms with E-state index in [-0.39, 0.29) is 6.61 Å². The molecule has 3 rings (SSSR count). The molecular weight excluding hydrogens is 693 g/mol.